The van der Waals surface area contributed by atoms with Crippen molar-refractivity contribution in [3.8, 4) is 0 Å². The molecule has 0 saturated heterocycles. The summed E-state index contributed by atoms with van der Waals surface area (Å²) >= 11 is 0. The van der Waals surface area contributed by atoms with E-state index in [-0.39, 0.29) is 0 Å². The molecule has 0 heteroatoms. The first-order valence-electron chi connectivity index (χ1n) is 16.4. The second-order valence-corrected chi connectivity index (χ2v) is 11.8. The molecule has 0 amide bonds. The molecule has 0 heterocycles. The lowest BCUT2D eigenvalue weighted by Gasteiger charge is -2.17. The summed E-state index contributed by atoms with van der Waals surface area (Å²) in [5, 5.41) is 0. The van der Waals surface area contributed by atoms with Crippen LogP contribution in [0.25, 0.3) is 0 Å². The zero-order valence-corrected chi connectivity index (χ0v) is 23.5. The Morgan fingerprint density at radius 3 is 0.939 bits per heavy atom. The van der Waals surface area contributed by atoms with E-state index in [1.54, 1.807) is 0 Å². The maximum absolute atomic E-state index is 2.31. The molecule has 0 bridgehead atoms. The molecule has 0 unspecified atom stereocenters. The monoisotopic (exact) mass is 463 g/mol. The van der Waals surface area contributed by atoms with E-state index in [2.05, 4.69) is 6.92 Å². The molecule has 0 nitrogen and oxygen atoms in total. The largest absolute Gasteiger partial charge is 0.0654 e. The summed E-state index contributed by atoms with van der Waals surface area (Å²) in [4.78, 5) is 0. The first-order valence-corrected chi connectivity index (χ1v) is 16.4. The molecule has 1 aliphatic rings. The first-order chi connectivity index (χ1) is 16.4. The molecular weight excluding hydrogens is 396 g/mol. The van der Waals surface area contributed by atoms with Crippen LogP contribution in [0.3, 0.4) is 0 Å². The minimum atomic E-state index is 1.05. The zero-order chi connectivity index (χ0) is 23.5. The van der Waals surface area contributed by atoms with Crippen LogP contribution in [-0.4, -0.2) is 0 Å². The van der Waals surface area contributed by atoms with E-state index in [0.29, 0.717) is 0 Å². The maximum atomic E-state index is 2.31. The second-order valence-electron chi connectivity index (χ2n) is 11.8. The predicted octanol–water partition coefficient (Wildman–Crippen LogP) is 12.7. The Hall–Kier alpha value is 0. The molecule has 0 atom stereocenters. The van der Waals surface area contributed by atoms with Crippen molar-refractivity contribution in [3.63, 3.8) is 0 Å². The van der Waals surface area contributed by atoms with E-state index in [0.717, 1.165) is 5.92 Å². The Morgan fingerprint density at radius 1 is 0.333 bits per heavy atom. The molecule has 0 spiro atoms. The van der Waals surface area contributed by atoms with Crippen LogP contribution in [0.15, 0.2) is 0 Å². The Kier molecular flexibility index (Phi) is 25.0. The van der Waals surface area contributed by atoms with Crippen molar-refractivity contribution in [2.24, 2.45) is 5.92 Å². The molecule has 0 radical (unpaired) electrons. The van der Waals surface area contributed by atoms with Crippen LogP contribution < -0.4 is 0 Å². The molecular formula is C33H66. The van der Waals surface area contributed by atoms with Gasteiger partial charge in [-0.05, 0) is 5.92 Å². The third-order valence-corrected chi connectivity index (χ3v) is 8.44. The highest BCUT2D eigenvalue weighted by atomic mass is 14.1. The zero-order valence-electron chi connectivity index (χ0n) is 23.5. The minimum Gasteiger partial charge on any atom is -0.0654 e. The van der Waals surface area contributed by atoms with Gasteiger partial charge in [-0.15, -0.1) is 0 Å². The van der Waals surface area contributed by atoms with Crippen molar-refractivity contribution in [3.05, 3.63) is 0 Å². The van der Waals surface area contributed by atoms with Crippen LogP contribution in [0.4, 0.5) is 0 Å². The van der Waals surface area contributed by atoms with E-state index in [4.69, 9.17) is 0 Å². The normalized spacial score (nSPS) is 19.5. The number of hydrogen-bond acceptors (Lipinski definition) is 0. The third kappa shape index (κ3) is 23.5. The number of rotatable bonds is 13. The molecule has 0 aromatic rings. The van der Waals surface area contributed by atoms with Gasteiger partial charge in [0.1, 0.15) is 0 Å². The molecule has 1 saturated carbocycles. The number of hydrogen-bond donors (Lipinski definition) is 0. The van der Waals surface area contributed by atoms with Crippen LogP contribution in [-0.2, 0) is 0 Å². The van der Waals surface area contributed by atoms with Crippen LogP contribution in [0.1, 0.15) is 206 Å². The summed E-state index contributed by atoms with van der Waals surface area (Å²) in [6, 6.07) is 0. The summed E-state index contributed by atoms with van der Waals surface area (Å²) in [7, 11) is 0. The Balaban J connectivity index is 2.08. The summed E-state index contributed by atoms with van der Waals surface area (Å²) < 4.78 is 0. The molecule has 1 fully saturated rings. The van der Waals surface area contributed by atoms with Crippen molar-refractivity contribution in [1.29, 1.82) is 0 Å². The highest BCUT2D eigenvalue weighted by Crippen LogP contribution is 2.25. The van der Waals surface area contributed by atoms with Crippen molar-refractivity contribution in [2.45, 2.75) is 206 Å². The average Bonchev–Trinajstić information content (AvgIpc) is 2.83. The molecule has 0 aliphatic heterocycles. The molecule has 0 aromatic heterocycles. The van der Waals surface area contributed by atoms with Crippen LogP contribution in [0, 0.1) is 5.92 Å². The van der Waals surface area contributed by atoms with E-state index in [1.165, 1.54) is 199 Å². The third-order valence-electron chi connectivity index (χ3n) is 8.44. The van der Waals surface area contributed by atoms with Gasteiger partial charge in [0.2, 0.25) is 0 Å². The van der Waals surface area contributed by atoms with E-state index in [9.17, 15) is 0 Å². The van der Waals surface area contributed by atoms with Gasteiger partial charge in [-0.2, -0.15) is 0 Å². The fourth-order valence-electron chi connectivity index (χ4n) is 6.05. The molecule has 0 N–H and O–H groups in total. The quantitative estimate of drug-likeness (QED) is 0.239. The van der Waals surface area contributed by atoms with Gasteiger partial charge in [0.25, 0.3) is 0 Å². The summed E-state index contributed by atoms with van der Waals surface area (Å²) in [6.45, 7) is 2.31. The summed E-state index contributed by atoms with van der Waals surface area (Å²) in [5.74, 6) is 1.05. The molecule has 33 heavy (non-hydrogen) atoms. The molecule has 1 aliphatic carbocycles. The van der Waals surface area contributed by atoms with Gasteiger partial charge < -0.3 is 0 Å². The molecule has 198 valence electrons. The lowest BCUT2D eigenvalue weighted by atomic mass is 9.89. The van der Waals surface area contributed by atoms with Gasteiger partial charge in [0, 0.05) is 0 Å². The predicted molar refractivity (Wildman–Crippen MR) is 152 cm³/mol. The van der Waals surface area contributed by atoms with Crippen molar-refractivity contribution in [2.75, 3.05) is 0 Å². The molecule has 0 aromatic carbocycles. The number of unbranched alkanes of at least 4 members (excludes halogenated alkanes) is 11. The van der Waals surface area contributed by atoms with Crippen molar-refractivity contribution >= 4 is 0 Å². The summed E-state index contributed by atoms with van der Waals surface area (Å²) in [5.41, 5.74) is 0. The second kappa shape index (κ2) is 26.6. The average molecular weight is 463 g/mol. The fourth-order valence-corrected chi connectivity index (χ4v) is 6.05. The van der Waals surface area contributed by atoms with E-state index in [1.807, 2.05) is 0 Å². The van der Waals surface area contributed by atoms with Crippen LogP contribution in [0.2, 0.25) is 0 Å². The van der Waals surface area contributed by atoms with E-state index >= 15 is 0 Å². The standard InChI is InChI=1S/C33H66/c1-2-3-4-5-6-7-8-15-18-21-24-27-30-33-31-28-25-22-19-16-13-11-9-10-12-14-17-20-23-26-29-32-33/h33H,2-32H2,1H3. The lowest BCUT2D eigenvalue weighted by molar-refractivity contribution is 0.365. The van der Waals surface area contributed by atoms with Crippen LogP contribution in [0.5, 0.6) is 0 Å². The Labute approximate surface area is 211 Å². The smallest absolute Gasteiger partial charge is 0.0414 e. The van der Waals surface area contributed by atoms with Gasteiger partial charge in [0.15, 0.2) is 0 Å². The summed E-state index contributed by atoms with van der Waals surface area (Å²) in [6.07, 6.45) is 46.5. The van der Waals surface area contributed by atoms with Gasteiger partial charge in [-0.3, -0.25) is 0 Å². The Bertz CT molecular complexity index is 326. The van der Waals surface area contributed by atoms with Crippen molar-refractivity contribution in [1.82, 2.24) is 0 Å². The topological polar surface area (TPSA) is 0 Å². The minimum absolute atomic E-state index is 1.05. The highest BCUT2D eigenvalue weighted by Gasteiger charge is 2.09. The van der Waals surface area contributed by atoms with E-state index < -0.39 is 0 Å². The molecule has 1 rings (SSSR count). The van der Waals surface area contributed by atoms with Gasteiger partial charge in [0.05, 0.1) is 0 Å². The fraction of sp³-hybridized carbons (Fsp3) is 1.00. The van der Waals surface area contributed by atoms with Gasteiger partial charge >= 0.3 is 0 Å². The first kappa shape index (κ1) is 31.0. The highest BCUT2D eigenvalue weighted by molar-refractivity contribution is 4.62. The van der Waals surface area contributed by atoms with Gasteiger partial charge in [-0.25, -0.2) is 0 Å². The van der Waals surface area contributed by atoms with Crippen molar-refractivity contribution < 1.29 is 0 Å². The lowest BCUT2D eigenvalue weighted by Crippen LogP contribution is -2.01. The maximum Gasteiger partial charge on any atom is -0.0414 e. The SMILES string of the molecule is CCCCCCCCCCCCCCC1CCCCCCCCCCCCCCCCCC1. The Morgan fingerprint density at radius 2 is 0.606 bits per heavy atom. The van der Waals surface area contributed by atoms with Gasteiger partial charge in [-0.1, -0.05) is 206 Å². The van der Waals surface area contributed by atoms with Crippen LogP contribution >= 0.6 is 0 Å².